The Kier molecular flexibility index (Phi) is 7.24. The number of carbonyl (C=O) groups is 2. The molecule has 0 heterocycles. The van der Waals surface area contributed by atoms with Crippen molar-refractivity contribution in [1.29, 1.82) is 0 Å². The Morgan fingerprint density at radius 1 is 1.36 bits per heavy atom. The number of aliphatic hydroxyl groups excluding tert-OH is 1. The fourth-order valence-corrected chi connectivity index (χ4v) is 2.09. The molecule has 8 heteroatoms. The zero-order valence-electron chi connectivity index (χ0n) is 6.99. The van der Waals surface area contributed by atoms with E-state index >= 15 is 0 Å². The monoisotopic (exact) mass is 258 g/mol. The van der Waals surface area contributed by atoms with Crippen LogP contribution in [0, 0.1) is 0 Å². The summed E-state index contributed by atoms with van der Waals surface area (Å²) >= 11 is 8.27. The van der Waals surface area contributed by atoms with Crippen LogP contribution in [0.3, 0.4) is 0 Å². The van der Waals surface area contributed by atoms with Gasteiger partial charge in [0.1, 0.15) is 15.8 Å². The lowest BCUT2D eigenvalue weighted by Crippen LogP contribution is -2.21. The molecule has 0 aromatic heterocycles. The number of carboxylic acid groups (broad SMARTS) is 1. The number of esters is 1. The standard InChI is InChI=1S/C6H10O5S3/c7-1-2-11-4(10)6(13)14-5(12)3(8)9/h5-7,12-13H,1-2H2,(H,8,9). The first-order valence-electron chi connectivity index (χ1n) is 3.51. The number of ether oxygens (including phenoxy) is 1. The smallest absolute Gasteiger partial charge is 0.329 e. The number of carboxylic acids is 1. The molecule has 0 aromatic rings. The van der Waals surface area contributed by atoms with Crippen LogP contribution in [0.15, 0.2) is 0 Å². The van der Waals surface area contributed by atoms with E-state index in [1.54, 1.807) is 0 Å². The summed E-state index contributed by atoms with van der Waals surface area (Å²) in [6.45, 7) is -0.402. The Balaban J connectivity index is 3.88. The van der Waals surface area contributed by atoms with Crippen molar-refractivity contribution in [3.05, 3.63) is 0 Å². The van der Waals surface area contributed by atoms with Crippen LogP contribution >= 0.6 is 37.0 Å². The number of hydrogen-bond donors (Lipinski definition) is 4. The molecule has 2 N–H and O–H groups in total. The van der Waals surface area contributed by atoms with Crippen LogP contribution in [0.2, 0.25) is 0 Å². The van der Waals surface area contributed by atoms with Crippen molar-refractivity contribution < 1.29 is 24.5 Å². The Morgan fingerprint density at radius 2 is 1.93 bits per heavy atom. The quantitative estimate of drug-likeness (QED) is 0.301. The van der Waals surface area contributed by atoms with E-state index in [0.717, 1.165) is 11.8 Å². The number of aliphatic hydroxyl groups is 1. The van der Waals surface area contributed by atoms with Crippen molar-refractivity contribution in [2.24, 2.45) is 0 Å². The highest BCUT2D eigenvalue weighted by Crippen LogP contribution is 2.24. The molecule has 0 spiro atoms. The van der Waals surface area contributed by atoms with Gasteiger partial charge in [0.25, 0.3) is 0 Å². The van der Waals surface area contributed by atoms with Crippen LogP contribution in [0.5, 0.6) is 0 Å². The largest absolute Gasteiger partial charge is 0.480 e. The topological polar surface area (TPSA) is 83.8 Å². The predicted octanol–water partition coefficient (Wildman–Crippen LogP) is -0.148. The van der Waals surface area contributed by atoms with Gasteiger partial charge in [-0.3, -0.25) is 4.79 Å². The summed E-state index contributed by atoms with van der Waals surface area (Å²) in [5, 5.41) is 16.8. The third-order valence-electron chi connectivity index (χ3n) is 1.01. The minimum Gasteiger partial charge on any atom is -0.480 e. The molecule has 0 aliphatic carbocycles. The number of rotatable bonds is 6. The first-order chi connectivity index (χ1) is 6.49. The van der Waals surface area contributed by atoms with Crippen LogP contribution in [0.4, 0.5) is 0 Å². The first kappa shape index (κ1) is 13.9. The third kappa shape index (κ3) is 5.63. The van der Waals surface area contributed by atoms with Gasteiger partial charge < -0.3 is 14.9 Å². The lowest BCUT2D eigenvalue weighted by atomic mass is 10.7. The summed E-state index contributed by atoms with van der Waals surface area (Å²) in [7, 11) is 0. The number of hydrogen-bond acceptors (Lipinski definition) is 7. The van der Waals surface area contributed by atoms with Crippen molar-refractivity contribution in [3.8, 4) is 0 Å². The third-order valence-corrected chi connectivity index (χ3v) is 3.08. The SMILES string of the molecule is O=C(O)C(S)SC(S)C(=O)OCCO. The van der Waals surface area contributed by atoms with Crippen molar-refractivity contribution in [2.75, 3.05) is 13.2 Å². The lowest BCUT2D eigenvalue weighted by Gasteiger charge is -2.11. The molecular weight excluding hydrogens is 248 g/mol. The van der Waals surface area contributed by atoms with Crippen LogP contribution in [-0.2, 0) is 14.3 Å². The van der Waals surface area contributed by atoms with E-state index in [1.807, 2.05) is 0 Å². The number of carbonyl (C=O) groups excluding carboxylic acids is 1. The van der Waals surface area contributed by atoms with E-state index in [4.69, 9.17) is 10.2 Å². The first-order valence-corrected chi connectivity index (χ1v) is 5.48. The van der Waals surface area contributed by atoms with Gasteiger partial charge in [0.2, 0.25) is 0 Å². The van der Waals surface area contributed by atoms with E-state index in [1.165, 1.54) is 0 Å². The Labute approximate surface area is 96.0 Å². The lowest BCUT2D eigenvalue weighted by molar-refractivity contribution is -0.142. The highest BCUT2D eigenvalue weighted by molar-refractivity contribution is 8.18. The highest BCUT2D eigenvalue weighted by atomic mass is 32.2. The molecule has 5 nitrogen and oxygen atoms in total. The van der Waals surface area contributed by atoms with Gasteiger partial charge in [-0.1, -0.05) is 0 Å². The Bertz CT molecular complexity index is 210. The summed E-state index contributed by atoms with van der Waals surface area (Å²) in [6, 6.07) is 0. The minimum atomic E-state index is -1.15. The fourth-order valence-electron chi connectivity index (χ4n) is 0.453. The maximum atomic E-state index is 11.0. The van der Waals surface area contributed by atoms with E-state index in [9.17, 15) is 9.59 Å². The van der Waals surface area contributed by atoms with Gasteiger partial charge >= 0.3 is 11.9 Å². The number of thioether (sulfide) groups is 1. The van der Waals surface area contributed by atoms with E-state index in [2.05, 4.69) is 30.0 Å². The van der Waals surface area contributed by atoms with Crippen LogP contribution < -0.4 is 0 Å². The Hall–Kier alpha value is -0.0500. The normalized spacial score (nSPS) is 14.5. The predicted molar refractivity (Wildman–Crippen MR) is 58.8 cm³/mol. The average Bonchev–Trinajstić information content (AvgIpc) is 2.13. The fraction of sp³-hybridized carbons (Fsp3) is 0.667. The maximum absolute atomic E-state index is 11.0. The Morgan fingerprint density at radius 3 is 2.36 bits per heavy atom. The average molecular weight is 258 g/mol. The van der Waals surface area contributed by atoms with Crippen molar-refractivity contribution in [3.63, 3.8) is 0 Å². The summed E-state index contributed by atoms with van der Waals surface area (Å²) in [4.78, 5) is 21.4. The summed E-state index contributed by atoms with van der Waals surface area (Å²) < 4.78 is 2.58. The molecule has 0 fully saturated rings. The molecule has 0 aliphatic heterocycles. The number of thiol groups is 2. The highest BCUT2D eigenvalue weighted by Gasteiger charge is 2.23. The summed E-state index contributed by atoms with van der Waals surface area (Å²) in [6.07, 6.45) is 0. The van der Waals surface area contributed by atoms with Gasteiger partial charge in [-0.2, -0.15) is 25.3 Å². The van der Waals surface area contributed by atoms with Crippen molar-refractivity contribution in [1.82, 2.24) is 0 Å². The molecule has 2 unspecified atom stereocenters. The molecule has 0 aliphatic rings. The van der Waals surface area contributed by atoms with Gasteiger partial charge in [-0.15, -0.1) is 11.8 Å². The van der Waals surface area contributed by atoms with E-state index < -0.39 is 21.1 Å². The minimum absolute atomic E-state index is 0.124. The van der Waals surface area contributed by atoms with E-state index in [0.29, 0.717) is 0 Å². The summed E-state index contributed by atoms with van der Waals surface area (Å²) in [5.74, 6) is -1.83. The molecule has 0 rings (SSSR count). The molecule has 0 amide bonds. The van der Waals surface area contributed by atoms with Gasteiger partial charge in [-0.25, -0.2) is 4.79 Å². The second-order valence-corrected chi connectivity index (χ2v) is 5.02. The van der Waals surface area contributed by atoms with Gasteiger partial charge in [-0.05, 0) is 0 Å². The second-order valence-electron chi connectivity index (χ2n) is 2.07. The molecule has 2 atom stereocenters. The van der Waals surface area contributed by atoms with Gasteiger partial charge in [0, 0.05) is 0 Å². The molecule has 0 saturated heterocycles. The van der Waals surface area contributed by atoms with Crippen LogP contribution in [0.25, 0.3) is 0 Å². The second kappa shape index (κ2) is 7.27. The molecule has 0 radical (unpaired) electrons. The van der Waals surface area contributed by atoms with Gasteiger partial charge in [0.15, 0.2) is 0 Å². The number of aliphatic carboxylic acids is 1. The molecule has 82 valence electrons. The molecule has 0 bridgehead atoms. The van der Waals surface area contributed by atoms with Crippen LogP contribution in [0.1, 0.15) is 0 Å². The van der Waals surface area contributed by atoms with Crippen LogP contribution in [-0.4, -0.2) is 44.5 Å². The van der Waals surface area contributed by atoms with Crippen molar-refractivity contribution in [2.45, 2.75) is 9.16 Å². The van der Waals surface area contributed by atoms with Crippen molar-refractivity contribution >= 4 is 49.0 Å². The molecule has 0 aromatic carbocycles. The zero-order valence-corrected chi connectivity index (χ0v) is 9.60. The summed E-state index contributed by atoms with van der Waals surface area (Å²) in [5.41, 5.74) is 0. The molecule has 0 saturated carbocycles. The molecule has 14 heavy (non-hydrogen) atoms. The maximum Gasteiger partial charge on any atom is 0.329 e. The molecular formula is C6H10O5S3. The van der Waals surface area contributed by atoms with E-state index in [-0.39, 0.29) is 13.2 Å². The zero-order chi connectivity index (χ0) is 11.1. The van der Waals surface area contributed by atoms with Gasteiger partial charge in [0.05, 0.1) is 6.61 Å².